The molecule has 2 heterocycles. The molecule has 2 aromatic heterocycles. The third-order valence-electron chi connectivity index (χ3n) is 3.45. The van der Waals surface area contributed by atoms with Crippen molar-refractivity contribution in [3.05, 3.63) is 28.0 Å². The minimum atomic E-state index is -0.364. The molecule has 0 aliphatic rings. The first kappa shape index (κ1) is 15.3. The van der Waals surface area contributed by atoms with Gasteiger partial charge in [-0.3, -0.25) is 9.59 Å². The summed E-state index contributed by atoms with van der Waals surface area (Å²) in [6.45, 7) is 7.91. The molecular formula is C15H21N3O3. The summed E-state index contributed by atoms with van der Waals surface area (Å²) in [5, 5.41) is 3.13. The molecule has 0 fully saturated rings. The van der Waals surface area contributed by atoms with Crippen LogP contribution in [0.1, 0.15) is 49.7 Å². The van der Waals surface area contributed by atoms with Gasteiger partial charge in [0.05, 0.1) is 11.9 Å². The summed E-state index contributed by atoms with van der Waals surface area (Å²) >= 11 is 0. The van der Waals surface area contributed by atoms with Crippen LogP contribution < -0.4 is 10.9 Å². The SMILES string of the molecule is Cc1oc2nc[nH]c(=O)c2c1C(=O)N[C@@H](C)CCC(C)C. The van der Waals surface area contributed by atoms with Crippen molar-refractivity contribution in [2.24, 2.45) is 5.92 Å². The quantitative estimate of drug-likeness (QED) is 0.885. The highest BCUT2D eigenvalue weighted by atomic mass is 16.3. The van der Waals surface area contributed by atoms with E-state index in [2.05, 4.69) is 29.1 Å². The van der Waals surface area contributed by atoms with E-state index >= 15 is 0 Å². The molecule has 0 saturated carbocycles. The molecule has 2 aromatic rings. The number of carbonyl (C=O) groups excluding carboxylic acids is 1. The fraction of sp³-hybridized carbons (Fsp3) is 0.533. The summed E-state index contributed by atoms with van der Waals surface area (Å²) in [6, 6.07) is 0.0417. The molecule has 0 aliphatic heterocycles. The predicted octanol–water partition coefficient (Wildman–Crippen LogP) is 2.38. The van der Waals surface area contributed by atoms with Gasteiger partial charge in [0.2, 0.25) is 5.71 Å². The van der Waals surface area contributed by atoms with E-state index in [0.29, 0.717) is 11.7 Å². The van der Waals surface area contributed by atoms with Crippen molar-refractivity contribution >= 4 is 17.0 Å². The number of aromatic nitrogens is 2. The highest BCUT2D eigenvalue weighted by Gasteiger charge is 2.22. The fourth-order valence-electron chi connectivity index (χ4n) is 2.28. The van der Waals surface area contributed by atoms with E-state index in [1.807, 2.05) is 6.92 Å². The third-order valence-corrected chi connectivity index (χ3v) is 3.45. The summed E-state index contributed by atoms with van der Waals surface area (Å²) in [5.41, 5.74) is 0.101. The van der Waals surface area contributed by atoms with Crippen molar-refractivity contribution in [1.29, 1.82) is 0 Å². The molecule has 1 amide bonds. The zero-order valence-electron chi connectivity index (χ0n) is 12.8. The Bertz CT molecular complexity index is 700. The van der Waals surface area contributed by atoms with Crippen LogP contribution in [0.3, 0.4) is 0 Å². The van der Waals surface area contributed by atoms with E-state index < -0.39 is 0 Å². The lowest BCUT2D eigenvalue weighted by Crippen LogP contribution is -2.33. The molecule has 0 spiro atoms. The Kier molecular flexibility index (Phi) is 4.45. The summed E-state index contributed by atoms with van der Waals surface area (Å²) in [4.78, 5) is 30.7. The van der Waals surface area contributed by atoms with Crippen LogP contribution in [0.25, 0.3) is 11.1 Å². The number of aryl methyl sites for hydroxylation is 1. The molecule has 2 rings (SSSR count). The lowest BCUT2D eigenvalue weighted by molar-refractivity contribution is 0.0937. The maximum Gasteiger partial charge on any atom is 0.262 e. The van der Waals surface area contributed by atoms with Gasteiger partial charge >= 0.3 is 0 Å². The van der Waals surface area contributed by atoms with Gasteiger partial charge in [-0.25, -0.2) is 4.98 Å². The number of furan rings is 1. The second-order valence-corrected chi connectivity index (χ2v) is 5.79. The van der Waals surface area contributed by atoms with Crippen LogP contribution in [0.4, 0.5) is 0 Å². The lowest BCUT2D eigenvalue weighted by Gasteiger charge is -2.14. The van der Waals surface area contributed by atoms with Crippen LogP contribution in [-0.2, 0) is 0 Å². The largest absolute Gasteiger partial charge is 0.442 e. The predicted molar refractivity (Wildman–Crippen MR) is 80.4 cm³/mol. The summed E-state index contributed by atoms with van der Waals surface area (Å²) in [6.07, 6.45) is 3.20. The summed E-state index contributed by atoms with van der Waals surface area (Å²) < 4.78 is 5.39. The molecule has 1 atom stereocenters. The summed E-state index contributed by atoms with van der Waals surface area (Å²) in [7, 11) is 0. The minimum absolute atomic E-state index is 0.0417. The monoisotopic (exact) mass is 291 g/mol. The normalized spacial score (nSPS) is 12.8. The lowest BCUT2D eigenvalue weighted by atomic mass is 10.0. The highest BCUT2D eigenvalue weighted by Crippen LogP contribution is 2.20. The molecule has 2 N–H and O–H groups in total. The van der Waals surface area contributed by atoms with Crippen molar-refractivity contribution in [1.82, 2.24) is 15.3 Å². The smallest absolute Gasteiger partial charge is 0.262 e. The average Bonchev–Trinajstić information content (AvgIpc) is 2.74. The van der Waals surface area contributed by atoms with Gasteiger partial charge in [-0.2, -0.15) is 0 Å². The molecule has 0 bridgehead atoms. The molecule has 0 unspecified atom stereocenters. The van der Waals surface area contributed by atoms with Gasteiger partial charge in [0, 0.05) is 6.04 Å². The number of nitrogens with zero attached hydrogens (tertiary/aromatic N) is 1. The number of aromatic amines is 1. The zero-order chi connectivity index (χ0) is 15.6. The van der Waals surface area contributed by atoms with Crippen molar-refractivity contribution in [2.45, 2.75) is 46.6 Å². The van der Waals surface area contributed by atoms with Gasteiger partial charge in [0.1, 0.15) is 11.1 Å². The molecule has 0 radical (unpaired) electrons. The van der Waals surface area contributed by atoms with Gasteiger partial charge in [-0.05, 0) is 32.6 Å². The number of nitrogens with one attached hydrogen (secondary N) is 2. The van der Waals surface area contributed by atoms with Crippen LogP contribution in [-0.4, -0.2) is 21.9 Å². The second kappa shape index (κ2) is 6.11. The first-order valence-electron chi connectivity index (χ1n) is 7.17. The molecule has 0 saturated heterocycles. The van der Waals surface area contributed by atoms with E-state index in [1.54, 1.807) is 6.92 Å². The van der Waals surface area contributed by atoms with Crippen molar-refractivity contribution in [3.63, 3.8) is 0 Å². The van der Waals surface area contributed by atoms with Crippen molar-refractivity contribution < 1.29 is 9.21 Å². The standard InChI is InChI=1S/C15H21N3O3/c1-8(2)5-6-9(3)18-14(20)11-10(4)21-15-12(11)13(19)16-7-17-15/h7-9H,5-6H2,1-4H3,(H,18,20)(H,16,17,19)/t9-/m0/s1. The van der Waals surface area contributed by atoms with Crippen LogP contribution in [0.5, 0.6) is 0 Å². The highest BCUT2D eigenvalue weighted by molar-refractivity contribution is 6.06. The van der Waals surface area contributed by atoms with Gasteiger partial charge in [-0.1, -0.05) is 13.8 Å². The number of fused-ring (bicyclic) bond motifs is 1. The maximum atomic E-state index is 12.4. The van der Waals surface area contributed by atoms with Crippen LogP contribution in [0.15, 0.2) is 15.5 Å². The maximum absolute atomic E-state index is 12.4. The molecule has 0 aromatic carbocycles. The third kappa shape index (κ3) is 3.32. The van der Waals surface area contributed by atoms with Gasteiger partial charge < -0.3 is 14.7 Å². The molecule has 21 heavy (non-hydrogen) atoms. The molecular weight excluding hydrogens is 270 g/mol. The first-order valence-corrected chi connectivity index (χ1v) is 7.17. The van der Waals surface area contributed by atoms with E-state index in [-0.39, 0.29) is 34.2 Å². The molecule has 0 aliphatic carbocycles. The Hall–Kier alpha value is -2.11. The van der Waals surface area contributed by atoms with Crippen molar-refractivity contribution in [3.8, 4) is 0 Å². The number of carbonyl (C=O) groups is 1. The Labute approximate surface area is 123 Å². The first-order chi connectivity index (χ1) is 9.90. The Morgan fingerprint density at radius 3 is 2.76 bits per heavy atom. The van der Waals surface area contributed by atoms with Crippen LogP contribution in [0.2, 0.25) is 0 Å². The number of H-pyrrole nitrogens is 1. The summed E-state index contributed by atoms with van der Waals surface area (Å²) in [5.74, 6) is 0.705. The molecule has 6 heteroatoms. The number of hydrogen-bond donors (Lipinski definition) is 2. The fourth-order valence-corrected chi connectivity index (χ4v) is 2.28. The number of hydrogen-bond acceptors (Lipinski definition) is 4. The van der Waals surface area contributed by atoms with Gasteiger partial charge in [0.15, 0.2) is 0 Å². The average molecular weight is 291 g/mol. The topological polar surface area (TPSA) is 88.0 Å². The van der Waals surface area contributed by atoms with E-state index in [4.69, 9.17) is 4.42 Å². The van der Waals surface area contributed by atoms with E-state index in [9.17, 15) is 9.59 Å². The molecule has 114 valence electrons. The minimum Gasteiger partial charge on any atom is -0.442 e. The van der Waals surface area contributed by atoms with Crippen LogP contribution >= 0.6 is 0 Å². The van der Waals surface area contributed by atoms with E-state index in [0.717, 1.165) is 12.8 Å². The van der Waals surface area contributed by atoms with Crippen LogP contribution in [0, 0.1) is 12.8 Å². The number of amides is 1. The Morgan fingerprint density at radius 1 is 1.38 bits per heavy atom. The Balaban J connectivity index is 2.24. The van der Waals surface area contributed by atoms with E-state index in [1.165, 1.54) is 6.33 Å². The Morgan fingerprint density at radius 2 is 2.10 bits per heavy atom. The molecule has 6 nitrogen and oxygen atoms in total. The van der Waals surface area contributed by atoms with Gasteiger partial charge in [0.25, 0.3) is 11.5 Å². The zero-order valence-corrected chi connectivity index (χ0v) is 12.8. The van der Waals surface area contributed by atoms with Gasteiger partial charge in [-0.15, -0.1) is 0 Å². The van der Waals surface area contributed by atoms with Crippen molar-refractivity contribution in [2.75, 3.05) is 0 Å². The second-order valence-electron chi connectivity index (χ2n) is 5.79. The number of rotatable bonds is 5.